The molecule has 0 heterocycles. The van der Waals surface area contributed by atoms with Crippen molar-refractivity contribution in [1.82, 2.24) is 5.32 Å². The van der Waals surface area contributed by atoms with Crippen LogP contribution in [-0.2, 0) is 16.0 Å². The van der Waals surface area contributed by atoms with Gasteiger partial charge in [-0.2, -0.15) is 11.8 Å². The molecule has 28 heavy (non-hydrogen) atoms. The number of hydrogen-bond acceptors (Lipinski definition) is 3. The van der Waals surface area contributed by atoms with E-state index in [4.69, 9.17) is 4.74 Å². The summed E-state index contributed by atoms with van der Waals surface area (Å²) in [7, 11) is 0. The van der Waals surface area contributed by atoms with Crippen LogP contribution in [0.1, 0.15) is 50.8 Å². The van der Waals surface area contributed by atoms with Crippen LogP contribution < -0.4 is 10.1 Å². The first-order valence-electron chi connectivity index (χ1n) is 9.98. The standard InChI is InChI=1S/C24H33NO2S/c1-6-22(27-21-13-11-20(12-14-21)24(3,4)5)23(26)25-15-16-28-17-19-9-7-18(2)8-10-19/h7-14,22H,6,15-17H2,1-5H3,(H,25,26)/t22-/m0/s1. The molecule has 0 aromatic heterocycles. The van der Waals surface area contributed by atoms with Gasteiger partial charge >= 0.3 is 0 Å². The fourth-order valence-corrected chi connectivity index (χ4v) is 3.57. The van der Waals surface area contributed by atoms with Crippen molar-refractivity contribution < 1.29 is 9.53 Å². The van der Waals surface area contributed by atoms with E-state index in [-0.39, 0.29) is 11.3 Å². The fraction of sp³-hybridized carbons (Fsp3) is 0.458. The van der Waals surface area contributed by atoms with E-state index in [2.05, 4.69) is 69.4 Å². The minimum atomic E-state index is -0.456. The number of hydrogen-bond donors (Lipinski definition) is 1. The van der Waals surface area contributed by atoms with E-state index < -0.39 is 6.10 Å². The van der Waals surface area contributed by atoms with Gasteiger partial charge in [0.05, 0.1) is 0 Å². The van der Waals surface area contributed by atoms with E-state index in [0.29, 0.717) is 13.0 Å². The van der Waals surface area contributed by atoms with Crippen molar-refractivity contribution in [3.8, 4) is 5.75 Å². The summed E-state index contributed by atoms with van der Waals surface area (Å²) in [4.78, 5) is 12.4. The predicted octanol–water partition coefficient (Wildman–Crippen LogP) is 5.50. The van der Waals surface area contributed by atoms with Crippen molar-refractivity contribution in [2.24, 2.45) is 0 Å². The normalized spacial score (nSPS) is 12.5. The number of nitrogens with one attached hydrogen (secondary N) is 1. The van der Waals surface area contributed by atoms with Crippen LogP contribution in [0.3, 0.4) is 0 Å². The summed E-state index contributed by atoms with van der Waals surface area (Å²) in [5.41, 5.74) is 3.95. The van der Waals surface area contributed by atoms with E-state index in [1.807, 2.05) is 30.8 Å². The van der Waals surface area contributed by atoms with Crippen LogP contribution in [-0.4, -0.2) is 24.3 Å². The van der Waals surface area contributed by atoms with Gasteiger partial charge in [-0.05, 0) is 42.0 Å². The Morgan fingerprint density at radius 3 is 2.29 bits per heavy atom. The lowest BCUT2D eigenvalue weighted by atomic mass is 9.87. The third-order valence-corrected chi connectivity index (χ3v) is 5.63. The Bertz CT molecular complexity index is 733. The Hall–Kier alpha value is -1.94. The zero-order valence-corrected chi connectivity index (χ0v) is 18.6. The van der Waals surface area contributed by atoms with Gasteiger partial charge in [-0.3, -0.25) is 4.79 Å². The molecule has 2 rings (SSSR count). The molecule has 0 unspecified atom stereocenters. The highest BCUT2D eigenvalue weighted by Crippen LogP contribution is 2.25. The number of carbonyl (C=O) groups is 1. The SMILES string of the molecule is CC[C@H](Oc1ccc(C(C)(C)C)cc1)C(=O)NCCSCc1ccc(C)cc1. The van der Waals surface area contributed by atoms with Gasteiger partial charge in [0.25, 0.3) is 5.91 Å². The average molecular weight is 400 g/mol. The molecule has 152 valence electrons. The van der Waals surface area contributed by atoms with Gasteiger partial charge in [0.15, 0.2) is 6.10 Å². The summed E-state index contributed by atoms with van der Waals surface area (Å²) < 4.78 is 5.91. The van der Waals surface area contributed by atoms with Gasteiger partial charge in [0.2, 0.25) is 0 Å². The second kappa shape index (κ2) is 10.6. The molecular weight excluding hydrogens is 366 g/mol. The molecule has 2 aromatic carbocycles. The largest absolute Gasteiger partial charge is 0.481 e. The Morgan fingerprint density at radius 1 is 1.07 bits per heavy atom. The summed E-state index contributed by atoms with van der Waals surface area (Å²) in [6.07, 6.45) is 0.186. The first kappa shape index (κ1) is 22.4. The number of amides is 1. The average Bonchev–Trinajstić information content (AvgIpc) is 2.66. The van der Waals surface area contributed by atoms with Gasteiger partial charge in [-0.15, -0.1) is 0 Å². The number of thioether (sulfide) groups is 1. The second-order valence-electron chi connectivity index (χ2n) is 8.12. The molecule has 3 nitrogen and oxygen atoms in total. The number of carbonyl (C=O) groups excluding carboxylic acids is 1. The molecule has 0 fully saturated rings. The number of rotatable bonds is 9. The number of benzene rings is 2. The smallest absolute Gasteiger partial charge is 0.261 e. The molecule has 1 atom stereocenters. The van der Waals surface area contributed by atoms with Crippen LogP contribution in [0.15, 0.2) is 48.5 Å². The van der Waals surface area contributed by atoms with Crippen molar-refractivity contribution in [2.75, 3.05) is 12.3 Å². The number of ether oxygens (including phenoxy) is 1. The second-order valence-corrected chi connectivity index (χ2v) is 9.22. The van der Waals surface area contributed by atoms with Gasteiger partial charge in [0.1, 0.15) is 5.75 Å². The highest BCUT2D eigenvalue weighted by atomic mass is 32.2. The van der Waals surface area contributed by atoms with E-state index in [1.165, 1.54) is 16.7 Å². The molecule has 2 aromatic rings. The van der Waals surface area contributed by atoms with Crippen molar-refractivity contribution >= 4 is 17.7 Å². The number of aryl methyl sites for hydroxylation is 1. The third kappa shape index (κ3) is 7.23. The molecule has 4 heteroatoms. The summed E-state index contributed by atoms with van der Waals surface area (Å²) in [5.74, 6) is 2.54. The van der Waals surface area contributed by atoms with Gasteiger partial charge in [-0.25, -0.2) is 0 Å². The molecule has 0 saturated heterocycles. The van der Waals surface area contributed by atoms with E-state index in [0.717, 1.165) is 17.3 Å². The van der Waals surface area contributed by atoms with E-state index >= 15 is 0 Å². The lowest BCUT2D eigenvalue weighted by Gasteiger charge is -2.21. The van der Waals surface area contributed by atoms with E-state index in [9.17, 15) is 4.79 Å². The summed E-state index contributed by atoms with van der Waals surface area (Å²) in [6.45, 7) is 11.3. The van der Waals surface area contributed by atoms with Crippen molar-refractivity contribution in [1.29, 1.82) is 0 Å². The summed E-state index contributed by atoms with van der Waals surface area (Å²) >= 11 is 1.83. The van der Waals surface area contributed by atoms with Crippen LogP contribution in [0, 0.1) is 6.92 Å². The Kier molecular flexibility index (Phi) is 8.43. The molecule has 1 N–H and O–H groups in total. The fourth-order valence-electron chi connectivity index (χ4n) is 2.75. The summed E-state index contributed by atoms with van der Waals surface area (Å²) in [6, 6.07) is 16.6. The summed E-state index contributed by atoms with van der Waals surface area (Å²) in [5, 5.41) is 3.00. The lowest BCUT2D eigenvalue weighted by Crippen LogP contribution is -2.39. The lowest BCUT2D eigenvalue weighted by molar-refractivity contribution is -0.127. The van der Waals surface area contributed by atoms with Gasteiger partial charge < -0.3 is 10.1 Å². The molecular formula is C24H33NO2S. The molecule has 0 aliphatic rings. The highest BCUT2D eigenvalue weighted by molar-refractivity contribution is 7.98. The van der Waals surface area contributed by atoms with Crippen LogP contribution >= 0.6 is 11.8 Å². The maximum Gasteiger partial charge on any atom is 0.261 e. The Labute approximate surface area is 174 Å². The highest BCUT2D eigenvalue weighted by Gasteiger charge is 2.18. The zero-order valence-electron chi connectivity index (χ0n) is 17.7. The topological polar surface area (TPSA) is 38.3 Å². The molecule has 0 radical (unpaired) electrons. The quantitative estimate of drug-likeness (QED) is 0.566. The molecule has 0 saturated carbocycles. The Balaban J connectivity index is 1.74. The monoisotopic (exact) mass is 399 g/mol. The van der Waals surface area contributed by atoms with Gasteiger partial charge in [0, 0.05) is 18.1 Å². The van der Waals surface area contributed by atoms with Gasteiger partial charge in [-0.1, -0.05) is 69.7 Å². The molecule has 0 spiro atoms. The minimum Gasteiger partial charge on any atom is -0.481 e. The maximum atomic E-state index is 12.4. The first-order valence-corrected chi connectivity index (χ1v) is 11.1. The van der Waals surface area contributed by atoms with Crippen LogP contribution in [0.4, 0.5) is 0 Å². The minimum absolute atomic E-state index is 0.0432. The van der Waals surface area contributed by atoms with Crippen LogP contribution in [0.25, 0.3) is 0 Å². The maximum absolute atomic E-state index is 12.4. The Morgan fingerprint density at radius 2 is 1.71 bits per heavy atom. The van der Waals surface area contributed by atoms with Crippen molar-refractivity contribution in [2.45, 2.75) is 58.3 Å². The molecule has 0 aliphatic heterocycles. The first-order chi connectivity index (χ1) is 13.3. The van der Waals surface area contributed by atoms with E-state index in [1.54, 1.807) is 0 Å². The predicted molar refractivity (Wildman–Crippen MR) is 120 cm³/mol. The molecule has 0 bridgehead atoms. The molecule has 0 aliphatic carbocycles. The molecule has 1 amide bonds. The van der Waals surface area contributed by atoms with Crippen LogP contribution in [0.2, 0.25) is 0 Å². The van der Waals surface area contributed by atoms with Crippen LogP contribution in [0.5, 0.6) is 5.75 Å². The van der Waals surface area contributed by atoms with Crippen molar-refractivity contribution in [3.63, 3.8) is 0 Å². The zero-order chi connectivity index (χ0) is 20.6. The third-order valence-electron chi connectivity index (χ3n) is 4.60. The van der Waals surface area contributed by atoms with Crippen molar-refractivity contribution in [3.05, 3.63) is 65.2 Å².